The third-order valence-corrected chi connectivity index (χ3v) is 8.17. The first-order valence-electron chi connectivity index (χ1n) is 11.9. The van der Waals surface area contributed by atoms with Gasteiger partial charge in [-0.05, 0) is 78.3 Å². The monoisotopic (exact) mass is 496 g/mol. The van der Waals surface area contributed by atoms with Crippen molar-refractivity contribution in [1.82, 2.24) is 9.88 Å². The number of aliphatic hydroxyl groups excluding tert-OH is 1. The third-order valence-electron chi connectivity index (χ3n) is 6.90. The molecule has 1 saturated heterocycles. The van der Waals surface area contributed by atoms with E-state index in [1.807, 2.05) is 29.2 Å². The molecule has 0 bridgehead atoms. The third kappa shape index (κ3) is 5.14. The Labute approximate surface area is 209 Å². The number of ether oxygens (including phenoxy) is 1. The number of carbonyl (C=O) groups excluding carboxylic acids is 1. The topological polar surface area (TPSA) is 62.7 Å². The number of aromatic nitrogens is 1. The highest BCUT2D eigenvalue weighted by molar-refractivity contribution is 7.14. The van der Waals surface area contributed by atoms with E-state index >= 15 is 0 Å². The lowest BCUT2D eigenvalue weighted by Crippen LogP contribution is -2.37. The Bertz CT molecular complexity index is 1170. The molecular formula is C27H29ClN2O3S. The van der Waals surface area contributed by atoms with Gasteiger partial charge >= 0.3 is 0 Å². The van der Waals surface area contributed by atoms with E-state index < -0.39 is 0 Å². The van der Waals surface area contributed by atoms with Crippen molar-refractivity contribution >= 4 is 28.8 Å². The van der Waals surface area contributed by atoms with Gasteiger partial charge in [0.25, 0.3) is 5.91 Å². The van der Waals surface area contributed by atoms with Crippen LogP contribution in [0.15, 0.2) is 48.0 Å². The molecule has 0 radical (unpaired) electrons. The number of piperidine rings is 1. The van der Waals surface area contributed by atoms with Crippen LogP contribution in [0.3, 0.4) is 0 Å². The van der Waals surface area contributed by atoms with Gasteiger partial charge < -0.3 is 14.7 Å². The molecule has 178 valence electrons. The van der Waals surface area contributed by atoms with E-state index in [0.717, 1.165) is 60.3 Å². The van der Waals surface area contributed by atoms with Crippen LogP contribution in [0.1, 0.15) is 43.0 Å². The number of hydrogen-bond acceptors (Lipinski definition) is 5. The summed E-state index contributed by atoms with van der Waals surface area (Å²) >= 11 is 8.26. The van der Waals surface area contributed by atoms with Crippen molar-refractivity contribution in [2.45, 2.75) is 38.7 Å². The quantitative estimate of drug-likeness (QED) is 0.444. The first-order chi connectivity index (χ1) is 16.5. The van der Waals surface area contributed by atoms with Crippen molar-refractivity contribution in [2.75, 3.05) is 19.7 Å². The van der Waals surface area contributed by atoms with E-state index in [1.165, 1.54) is 0 Å². The number of aliphatic hydroxyl groups is 1. The molecule has 2 aromatic heterocycles. The maximum absolute atomic E-state index is 12.9. The number of likely N-dealkylation sites (tertiary alicyclic amines) is 1. The fourth-order valence-corrected chi connectivity index (χ4v) is 5.88. The Hall–Kier alpha value is -2.41. The van der Waals surface area contributed by atoms with Crippen LogP contribution in [-0.2, 0) is 0 Å². The Morgan fingerprint density at radius 3 is 2.71 bits per heavy atom. The van der Waals surface area contributed by atoms with Crippen LogP contribution in [0.5, 0.6) is 5.88 Å². The SMILES string of the molecule is CC1CCN(C(=O)c2ccc(-c3cc(-c4ccnc(OCC5CC(O)C5)c4)cs3)c(Cl)c2)CC1. The van der Waals surface area contributed by atoms with Gasteiger partial charge in [0.2, 0.25) is 5.88 Å². The number of benzene rings is 1. The second kappa shape index (κ2) is 10.1. The van der Waals surface area contributed by atoms with Crippen LogP contribution in [-0.4, -0.2) is 46.7 Å². The number of nitrogens with zero attached hydrogens (tertiary/aromatic N) is 2. The summed E-state index contributed by atoms with van der Waals surface area (Å²) in [6.07, 6.45) is 5.30. The maximum Gasteiger partial charge on any atom is 0.253 e. The lowest BCUT2D eigenvalue weighted by molar-refractivity contribution is 0.0195. The Morgan fingerprint density at radius 1 is 1.18 bits per heavy atom. The zero-order valence-electron chi connectivity index (χ0n) is 19.2. The predicted octanol–water partition coefficient (Wildman–Crippen LogP) is 6.15. The molecule has 1 aliphatic carbocycles. The highest BCUT2D eigenvalue weighted by Gasteiger charge is 2.27. The number of thiophene rings is 1. The molecule has 2 fully saturated rings. The van der Waals surface area contributed by atoms with Crippen LogP contribution >= 0.6 is 22.9 Å². The molecule has 0 atom stereocenters. The lowest BCUT2D eigenvalue weighted by atomic mass is 9.83. The van der Waals surface area contributed by atoms with E-state index in [0.29, 0.717) is 34.9 Å². The molecule has 2 aliphatic rings. The predicted molar refractivity (Wildman–Crippen MR) is 137 cm³/mol. The molecule has 1 aromatic carbocycles. The molecule has 1 amide bonds. The smallest absolute Gasteiger partial charge is 0.253 e. The maximum atomic E-state index is 12.9. The van der Waals surface area contributed by atoms with Crippen LogP contribution in [0.2, 0.25) is 5.02 Å². The van der Waals surface area contributed by atoms with Gasteiger partial charge in [-0.15, -0.1) is 11.3 Å². The van der Waals surface area contributed by atoms with E-state index in [-0.39, 0.29) is 12.0 Å². The molecule has 1 saturated carbocycles. The highest BCUT2D eigenvalue weighted by Crippen LogP contribution is 2.37. The second-order valence-corrected chi connectivity index (χ2v) is 10.9. The van der Waals surface area contributed by atoms with Gasteiger partial charge in [-0.2, -0.15) is 0 Å². The largest absolute Gasteiger partial charge is 0.477 e. The summed E-state index contributed by atoms with van der Waals surface area (Å²) < 4.78 is 5.85. The van der Waals surface area contributed by atoms with Gasteiger partial charge in [0.05, 0.1) is 17.7 Å². The minimum absolute atomic E-state index is 0.0629. The summed E-state index contributed by atoms with van der Waals surface area (Å²) in [4.78, 5) is 20.2. The fourth-order valence-electron chi connectivity index (χ4n) is 4.58. The van der Waals surface area contributed by atoms with E-state index in [4.69, 9.17) is 16.3 Å². The number of hydrogen-bond donors (Lipinski definition) is 1. The van der Waals surface area contributed by atoms with Gasteiger partial charge in [-0.1, -0.05) is 24.6 Å². The molecule has 5 nitrogen and oxygen atoms in total. The molecule has 7 heteroatoms. The van der Waals surface area contributed by atoms with Crippen LogP contribution < -0.4 is 4.74 Å². The van der Waals surface area contributed by atoms with Crippen molar-refractivity contribution in [3.8, 4) is 27.4 Å². The van der Waals surface area contributed by atoms with Crippen LogP contribution in [0, 0.1) is 11.8 Å². The average Bonchev–Trinajstić information content (AvgIpc) is 3.31. The van der Waals surface area contributed by atoms with E-state index in [2.05, 4.69) is 23.4 Å². The average molecular weight is 497 g/mol. The minimum Gasteiger partial charge on any atom is -0.477 e. The Kier molecular flexibility index (Phi) is 6.91. The normalized spacial score (nSPS) is 20.7. The number of rotatable bonds is 6. The molecule has 1 aliphatic heterocycles. The highest BCUT2D eigenvalue weighted by atomic mass is 35.5. The fraction of sp³-hybridized carbons (Fsp3) is 0.407. The molecule has 34 heavy (non-hydrogen) atoms. The summed E-state index contributed by atoms with van der Waals surface area (Å²) in [7, 11) is 0. The second-order valence-electron chi connectivity index (χ2n) is 9.55. The number of amides is 1. The first-order valence-corrected chi connectivity index (χ1v) is 13.2. The summed E-state index contributed by atoms with van der Waals surface area (Å²) in [5.41, 5.74) is 3.68. The zero-order valence-corrected chi connectivity index (χ0v) is 20.8. The number of pyridine rings is 1. The standard InChI is InChI=1S/C27H29ClN2O3S/c1-17-5-8-30(9-6-17)27(32)20-2-3-23(24(28)12-20)25-13-21(16-34-25)19-4-7-29-26(14-19)33-15-18-10-22(31)11-18/h2-4,7,12-14,16-18,22,31H,5-6,8-11,15H2,1H3. The van der Waals surface area contributed by atoms with Gasteiger partial charge in [0.1, 0.15) is 0 Å². The summed E-state index contributed by atoms with van der Waals surface area (Å²) in [5.74, 6) is 1.75. The Morgan fingerprint density at radius 2 is 1.97 bits per heavy atom. The minimum atomic E-state index is -0.176. The van der Waals surface area contributed by atoms with Crippen molar-refractivity contribution in [2.24, 2.45) is 11.8 Å². The molecule has 3 heterocycles. The molecule has 1 N–H and O–H groups in total. The summed E-state index contributed by atoms with van der Waals surface area (Å²) in [6.45, 7) is 4.45. The van der Waals surface area contributed by atoms with Gasteiger partial charge in [0, 0.05) is 41.4 Å². The van der Waals surface area contributed by atoms with Crippen molar-refractivity contribution in [1.29, 1.82) is 0 Å². The molecule has 3 aromatic rings. The summed E-state index contributed by atoms with van der Waals surface area (Å²) in [5, 5.41) is 12.1. The first kappa shape index (κ1) is 23.3. The molecular weight excluding hydrogens is 468 g/mol. The molecule has 0 unspecified atom stereocenters. The molecule has 5 rings (SSSR count). The number of halogens is 1. The summed E-state index contributed by atoms with van der Waals surface area (Å²) in [6, 6.07) is 11.7. The van der Waals surface area contributed by atoms with E-state index in [1.54, 1.807) is 23.6 Å². The van der Waals surface area contributed by atoms with Gasteiger partial charge in [-0.25, -0.2) is 4.98 Å². The Balaban J connectivity index is 1.28. The number of carbonyl (C=O) groups is 1. The van der Waals surface area contributed by atoms with E-state index in [9.17, 15) is 9.90 Å². The van der Waals surface area contributed by atoms with Crippen LogP contribution in [0.4, 0.5) is 0 Å². The van der Waals surface area contributed by atoms with Crippen LogP contribution in [0.25, 0.3) is 21.6 Å². The van der Waals surface area contributed by atoms with Gasteiger partial charge in [0.15, 0.2) is 0 Å². The zero-order chi connectivity index (χ0) is 23.7. The van der Waals surface area contributed by atoms with Crippen molar-refractivity contribution in [3.63, 3.8) is 0 Å². The van der Waals surface area contributed by atoms with Gasteiger partial charge in [-0.3, -0.25) is 4.79 Å². The lowest BCUT2D eigenvalue weighted by Gasteiger charge is -2.30. The van der Waals surface area contributed by atoms with Crippen molar-refractivity contribution in [3.05, 3.63) is 58.6 Å². The van der Waals surface area contributed by atoms with Crippen molar-refractivity contribution < 1.29 is 14.6 Å². The molecule has 0 spiro atoms.